The van der Waals surface area contributed by atoms with Crippen LogP contribution in [0.15, 0.2) is 24.3 Å². The number of ether oxygens (including phenoxy) is 2. The van der Waals surface area contributed by atoms with E-state index >= 15 is 0 Å². The first-order valence-electron chi connectivity index (χ1n) is 9.15. The Kier molecular flexibility index (Phi) is 18.1. The lowest BCUT2D eigenvalue weighted by Crippen LogP contribution is -3.00. The number of likely N-dealkylation sites (N-methyl/N-ethyl adjacent to an activating group) is 2. The van der Waals surface area contributed by atoms with E-state index in [0.29, 0.717) is 24.4 Å². The van der Waals surface area contributed by atoms with Crippen LogP contribution in [-0.4, -0.2) is 88.5 Å². The Balaban J connectivity index is -0.00000312. The van der Waals surface area contributed by atoms with Crippen molar-refractivity contribution in [3.63, 3.8) is 0 Å². The number of carbonyl (C=O) groups excluding carboxylic acids is 2. The van der Waals surface area contributed by atoms with Gasteiger partial charge in [-0.2, -0.15) is 0 Å². The minimum Gasteiger partial charge on any atom is -1.00 e. The van der Waals surface area contributed by atoms with Crippen LogP contribution in [0.25, 0.3) is 0 Å². The highest BCUT2D eigenvalue weighted by molar-refractivity contribution is 5.87. The van der Waals surface area contributed by atoms with Gasteiger partial charge in [0.2, 0.25) is 0 Å². The van der Waals surface area contributed by atoms with Crippen molar-refractivity contribution < 1.29 is 76.0 Å². The van der Waals surface area contributed by atoms with E-state index < -0.39 is 0 Å². The molecule has 0 aliphatic heterocycles. The summed E-state index contributed by atoms with van der Waals surface area (Å²) in [6, 6.07) is 0. The highest BCUT2D eigenvalue weighted by Crippen LogP contribution is 2.07. The van der Waals surface area contributed by atoms with E-state index in [9.17, 15) is 9.59 Å². The Morgan fingerprint density at radius 1 is 0.679 bits per heavy atom. The lowest BCUT2D eigenvalue weighted by Gasteiger charge is -2.32. The standard InChI is InChI=1S/C20H38N2O4.2HI/c1-17(2)19(23)25-15-13-21(5,6)11-9-10-12-22(7,8)14-16-26-20(24)18(3)4;;/h1,3,9-16H2,2,4-8H3;2*1H/q+2;;/p-2. The number of unbranched alkanes of at least 4 members (excludes halogenated alkanes) is 1. The molecule has 0 fully saturated rings. The minimum atomic E-state index is -0.323. The van der Waals surface area contributed by atoms with Crippen LogP contribution in [0.3, 0.4) is 0 Å². The molecular formula is C20H38I2N2O4. The zero-order chi connectivity index (χ0) is 20.4. The molecule has 8 heteroatoms. The normalized spacial score (nSPS) is 10.9. The van der Waals surface area contributed by atoms with Crippen LogP contribution in [-0.2, 0) is 19.1 Å². The third-order valence-corrected chi connectivity index (χ3v) is 4.33. The van der Waals surface area contributed by atoms with E-state index in [1.54, 1.807) is 13.8 Å². The molecule has 0 spiro atoms. The molecule has 0 aliphatic carbocycles. The topological polar surface area (TPSA) is 52.6 Å². The zero-order valence-corrected chi connectivity index (χ0v) is 22.7. The predicted octanol–water partition coefficient (Wildman–Crippen LogP) is -3.83. The van der Waals surface area contributed by atoms with Crippen LogP contribution >= 0.6 is 0 Å². The molecule has 0 amide bonds. The number of halogens is 2. The number of nitrogens with zero attached hydrogens (tertiary/aromatic N) is 2. The van der Waals surface area contributed by atoms with Crippen LogP contribution in [0.2, 0.25) is 0 Å². The van der Waals surface area contributed by atoms with Gasteiger partial charge >= 0.3 is 11.9 Å². The summed E-state index contributed by atoms with van der Waals surface area (Å²) in [5, 5.41) is 0. The maximum atomic E-state index is 11.4. The molecular weight excluding hydrogens is 586 g/mol. The van der Waals surface area contributed by atoms with Gasteiger partial charge in [0.25, 0.3) is 0 Å². The minimum absolute atomic E-state index is 0. The highest BCUT2D eigenvalue weighted by Gasteiger charge is 2.19. The number of rotatable bonds is 13. The van der Waals surface area contributed by atoms with Crippen molar-refractivity contribution in [1.29, 1.82) is 0 Å². The number of hydrogen-bond donors (Lipinski definition) is 0. The first-order valence-corrected chi connectivity index (χ1v) is 9.15. The first-order chi connectivity index (χ1) is 11.9. The first kappa shape index (κ1) is 32.5. The lowest BCUT2D eigenvalue weighted by molar-refractivity contribution is -0.897. The summed E-state index contributed by atoms with van der Waals surface area (Å²) in [6.45, 7) is 14.9. The average molecular weight is 624 g/mol. The van der Waals surface area contributed by atoms with E-state index in [4.69, 9.17) is 9.47 Å². The average Bonchev–Trinajstić information content (AvgIpc) is 2.50. The molecule has 0 rings (SSSR count). The quantitative estimate of drug-likeness (QED) is 0.0694. The van der Waals surface area contributed by atoms with Gasteiger partial charge in [0, 0.05) is 24.0 Å². The fraction of sp³-hybridized carbons (Fsp3) is 0.700. The van der Waals surface area contributed by atoms with E-state index in [2.05, 4.69) is 41.3 Å². The molecule has 0 aromatic rings. The molecule has 0 aliphatic rings. The van der Waals surface area contributed by atoms with E-state index in [-0.39, 0.29) is 59.9 Å². The van der Waals surface area contributed by atoms with Crippen molar-refractivity contribution >= 4 is 11.9 Å². The smallest absolute Gasteiger partial charge is 0.333 e. The molecule has 0 aromatic carbocycles. The van der Waals surface area contributed by atoms with Crippen LogP contribution in [0.4, 0.5) is 0 Å². The second kappa shape index (κ2) is 15.6. The van der Waals surface area contributed by atoms with E-state index in [1.807, 2.05) is 0 Å². The van der Waals surface area contributed by atoms with Crippen LogP contribution in [0.5, 0.6) is 0 Å². The fourth-order valence-corrected chi connectivity index (χ4v) is 2.32. The van der Waals surface area contributed by atoms with Gasteiger partial charge in [0.1, 0.15) is 26.3 Å². The number of carbonyl (C=O) groups is 2. The van der Waals surface area contributed by atoms with Gasteiger partial charge in [-0.25, -0.2) is 9.59 Å². The molecule has 0 saturated carbocycles. The van der Waals surface area contributed by atoms with Crippen molar-refractivity contribution in [2.24, 2.45) is 0 Å². The van der Waals surface area contributed by atoms with Crippen LogP contribution in [0.1, 0.15) is 26.7 Å². The van der Waals surface area contributed by atoms with Gasteiger partial charge in [0.15, 0.2) is 0 Å². The lowest BCUT2D eigenvalue weighted by atomic mass is 10.2. The summed E-state index contributed by atoms with van der Waals surface area (Å²) in [7, 11) is 8.58. The summed E-state index contributed by atoms with van der Waals surface area (Å²) in [4.78, 5) is 22.8. The largest absolute Gasteiger partial charge is 1.00 e. The highest BCUT2D eigenvalue weighted by atomic mass is 127. The fourth-order valence-electron chi connectivity index (χ4n) is 2.32. The number of quaternary nitrogens is 2. The molecule has 28 heavy (non-hydrogen) atoms. The van der Waals surface area contributed by atoms with Gasteiger partial charge in [-0.3, -0.25) is 0 Å². The molecule has 0 radical (unpaired) electrons. The second-order valence-electron chi connectivity index (χ2n) is 8.31. The predicted molar refractivity (Wildman–Crippen MR) is 104 cm³/mol. The zero-order valence-electron chi connectivity index (χ0n) is 18.4. The molecule has 6 nitrogen and oxygen atoms in total. The van der Waals surface area contributed by atoms with Crippen molar-refractivity contribution in [2.75, 3.05) is 67.6 Å². The summed E-state index contributed by atoms with van der Waals surface area (Å²) >= 11 is 0. The van der Waals surface area contributed by atoms with Crippen LogP contribution < -0.4 is 48.0 Å². The van der Waals surface area contributed by atoms with Gasteiger partial charge in [0.05, 0.1) is 41.3 Å². The Morgan fingerprint density at radius 3 is 1.21 bits per heavy atom. The summed E-state index contributed by atoms with van der Waals surface area (Å²) in [5.41, 5.74) is 0.869. The Labute approximate surface area is 205 Å². The maximum absolute atomic E-state index is 11.4. The summed E-state index contributed by atoms with van der Waals surface area (Å²) in [6.07, 6.45) is 2.18. The van der Waals surface area contributed by atoms with Crippen molar-refractivity contribution in [3.05, 3.63) is 24.3 Å². The van der Waals surface area contributed by atoms with Crippen molar-refractivity contribution in [3.8, 4) is 0 Å². The molecule has 0 N–H and O–H groups in total. The molecule has 0 unspecified atom stereocenters. The Hall–Kier alpha value is -0.200. The van der Waals surface area contributed by atoms with E-state index in [1.165, 1.54) is 0 Å². The molecule has 166 valence electrons. The van der Waals surface area contributed by atoms with Gasteiger partial charge < -0.3 is 66.4 Å². The third-order valence-electron chi connectivity index (χ3n) is 4.33. The van der Waals surface area contributed by atoms with Crippen molar-refractivity contribution in [2.45, 2.75) is 26.7 Å². The molecule has 0 bridgehead atoms. The maximum Gasteiger partial charge on any atom is 0.333 e. The number of hydrogen-bond acceptors (Lipinski definition) is 4. The molecule has 0 atom stereocenters. The van der Waals surface area contributed by atoms with Crippen LogP contribution in [0, 0.1) is 0 Å². The second-order valence-corrected chi connectivity index (χ2v) is 8.31. The third kappa shape index (κ3) is 16.7. The van der Waals surface area contributed by atoms with Gasteiger partial charge in [-0.15, -0.1) is 0 Å². The van der Waals surface area contributed by atoms with E-state index in [0.717, 1.165) is 48.0 Å². The Morgan fingerprint density at radius 2 is 0.964 bits per heavy atom. The molecule has 0 heterocycles. The summed E-state index contributed by atoms with van der Waals surface area (Å²) in [5.74, 6) is -0.646. The summed E-state index contributed by atoms with van der Waals surface area (Å²) < 4.78 is 12.0. The Bertz CT molecular complexity index is 474. The van der Waals surface area contributed by atoms with Gasteiger partial charge in [-0.05, 0) is 13.8 Å². The molecule has 0 aromatic heterocycles. The SMILES string of the molecule is C=C(C)C(=O)OCC[N+](C)(C)CCCC[N+](C)(C)CCOC(=O)C(=C)C.[I-].[I-]. The number of esters is 2. The van der Waals surface area contributed by atoms with Crippen molar-refractivity contribution in [1.82, 2.24) is 0 Å². The molecule has 0 saturated heterocycles. The monoisotopic (exact) mass is 624 g/mol. The van der Waals surface area contributed by atoms with Gasteiger partial charge in [-0.1, -0.05) is 13.2 Å².